The van der Waals surface area contributed by atoms with Crippen LogP contribution in [-0.2, 0) is 0 Å². The number of rotatable bonds is 5. The van der Waals surface area contributed by atoms with Crippen LogP contribution in [0, 0.1) is 29.6 Å². The first-order chi connectivity index (χ1) is 9.04. The monoisotopic (exact) mass is 259 g/mol. The normalized spacial score (nSPS) is 9.84. The molecule has 0 amide bonds. The van der Waals surface area contributed by atoms with Gasteiger partial charge in [0.05, 0.1) is 12.1 Å². The molecule has 0 aliphatic rings. The van der Waals surface area contributed by atoms with Crippen molar-refractivity contribution in [1.29, 1.82) is 10.5 Å². The van der Waals surface area contributed by atoms with Crippen LogP contribution in [0.4, 0.5) is 11.6 Å². The average Bonchev–Trinajstić information content (AvgIpc) is 2.38. The highest BCUT2D eigenvalue weighted by molar-refractivity contribution is 5.59. The van der Waals surface area contributed by atoms with Gasteiger partial charge in [-0.3, -0.25) is 0 Å². The van der Waals surface area contributed by atoms with Gasteiger partial charge in [0.1, 0.15) is 30.5 Å². The summed E-state index contributed by atoms with van der Waals surface area (Å²) >= 11 is 0. The zero-order chi connectivity index (χ0) is 14.4. The van der Waals surface area contributed by atoms with Crippen molar-refractivity contribution in [3.8, 4) is 12.1 Å². The largest absolute Gasteiger partial charge is 0.330 e. The maximum Gasteiger partial charge on any atom is 0.148 e. The van der Waals surface area contributed by atoms with E-state index in [0.717, 1.165) is 5.56 Å². The van der Waals surface area contributed by atoms with Gasteiger partial charge < -0.3 is 10.3 Å². The summed E-state index contributed by atoms with van der Waals surface area (Å²) in [6.07, 6.45) is 0. The molecule has 0 saturated carbocycles. The third kappa shape index (κ3) is 3.30. The second-order valence-corrected chi connectivity index (χ2v) is 4.35. The molecule has 1 aromatic rings. The summed E-state index contributed by atoms with van der Waals surface area (Å²) < 4.78 is 0. The SMILES string of the molecule is Cc1c(NN)nc(C(C)C)nc1N(CC#N)CC#N. The molecule has 0 spiro atoms. The van der Waals surface area contributed by atoms with Crippen molar-refractivity contribution in [3.05, 3.63) is 11.4 Å². The van der Waals surface area contributed by atoms with Crippen LogP contribution in [0.25, 0.3) is 0 Å². The number of nitriles is 2. The van der Waals surface area contributed by atoms with Crippen LogP contribution in [0.15, 0.2) is 0 Å². The van der Waals surface area contributed by atoms with Gasteiger partial charge in [0, 0.05) is 11.5 Å². The first-order valence-corrected chi connectivity index (χ1v) is 5.89. The van der Waals surface area contributed by atoms with E-state index in [4.69, 9.17) is 16.4 Å². The summed E-state index contributed by atoms with van der Waals surface area (Å²) in [6.45, 7) is 5.91. The quantitative estimate of drug-likeness (QED) is 0.461. The molecule has 0 saturated heterocycles. The van der Waals surface area contributed by atoms with Crippen molar-refractivity contribution in [2.24, 2.45) is 5.84 Å². The molecule has 7 nitrogen and oxygen atoms in total. The molecule has 1 rings (SSSR count). The Kier molecular flexibility index (Phi) is 5.04. The van der Waals surface area contributed by atoms with E-state index < -0.39 is 0 Å². The molecule has 1 aromatic heterocycles. The van der Waals surface area contributed by atoms with Crippen LogP contribution in [-0.4, -0.2) is 23.1 Å². The van der Waals surface area contributed by atoms with E-state index in [-0.39, 0.29) is 19.0 Å². The number of anilines is 2. The van der Waals surface area contributed by atoms with E-state index in [9.17, 15) is 0 Å². The fourth-order valence-corrected chi connectivity index (χ4v) is 1.60. The molecule has 0 aromatic carbocycles. The van der Waals surface area contributed by atoms with Gasteiger partial charge >= 0.3 is 0 Å². The maximum atomic E-state index is 8.84. The van der Waals surface area contributed by atoms with E-state index in [0.29, 0.717) is 17.5 Å². The zero-order valence-corrected chi connectivity index (χ0v) is 11.3. The Morgan fingerprint density at radius 2 is 1.84 bits per heavy atom. The van der Waals surface area contributed by atoms with Crippen LogP contribution in [0.2, 0.25) is 0 Å². The lowest BCUT2D eigenvalue weighted by Gasteiger charge is -2.22. The first-order valence-electron chi connectivity index (χ1n) is 5.89. The minimum absolute atomic E-state index is 0.0902. The van der Waals surface area contributed by atoms with Gasteiger partial charge in [0.15, 0.2) is 0 Å². The molecular formula is C12H17N7. The van der Waals surface area contributed by atoms with Crippen molar-refractivity contribution in [3.63, 3.8) is 0 Å². The average molecular weight is 259 g/mol. The van der Waals surface area contributed by atoms with Gasteiger partial charge in [-0.2, -0.15) is 10.5 Å². The number of hydrazine groups is 1. The Bertz CT molecular complexity index is 508. The third-order valence-electron chi connectivity index (χ3n) is 2.61. The Hall–Kier alpha value is -2.38. The third-order valence-corrected chi connectivity index (χ3v) is 2.61. The first kappa shape index (κ1) is 14.7. The topological polar surface area (TPSA) is 115 Å². The van der Waals surface area contributed by atoms with Gasteiger partial charge in [-0.05, 0) is 6.92 Å². The highest BCUT2D eigenvalue weighted by atomic mass is 15.3. The van der Waals surface area contributed by atoms with Gasteiger partial charge in [-0.25, -0.2) is 15.8 Å². The molecule has 0 atom stereocenters. The summed E-state index contributed by atoms with van der Waals surface area (Å²) in [5.74, 6) is 7.26. The van der Waals surface area contributed by atoms with Gasteiger partial charge in [0.25, 0.3) is 0 Å². The Labute approximate surface area is 112 Å². The van der Waals surface area contributed by atoms with Crippen molar-refractivity contribution in [2.75, 3.05) is 23.4 Å². The Morgan fingerprint density at radius 3 is 2.26 bits per heavy atom. The van der Waals surface area contributed by atoms with Gasteiger partial charge in [-0.1, -0.05) is 13.8 Å². The standard InChI is InChI=1S/C12H17N7/c1-8(2)10-16-11(18-15)9(3)12(17-10)19(6-4-13)7-5-14/h8H,6-7,15H2,1-3H3,(H,16,17,18). The molecule has 0 unspecified atom stereocenters. The lowest BCUT2D eigenvalue weighted by atomic mass is 10.2. The molecule has 19 heavy (non-hydrogen) atoms. The Morgan fingerprint density at radius 1 is 1.26 bits per heavy atom. The van der Waals surface area contributed by atoms with E-state index in [1.165, 1.54) is 0 Å². The van der Waals surface area contributed by atoms with E-state index >= 15 is 0 Å². The highest BCUT2D eigenvalue weighted by Crippen LogP contribution is 2.25. The van der Waals surface area contributed by atoms with Crippen molar-refractivity contribution >= 4 is 11.6 Å². The summed E-state index contributed by atoms with van der Waals surface area (Å²) in [5.41, 5.74) is 3.25. The number of nitrogen functional groups attached to an aromatic ring is 1. The molecule has 0 radical (unpaired) electrons. The number of nitrogens with two attached hydrogens (primary N) is 1. The predicted molar refractivity (Wildman–Crippen MR) is 72.1 cm³/mol. The molecule has 1 heterocycles. The molecule has 0 bridgehead atoms. The maximum absolute atomic E-state index is 8.84. The minimum Gasteiger partial charge on any atom is -0.330 e. The van der Waals surface area contributed by atoms with Crippen molar-refractivity contribution in [1.82, 2.24) is 9.97 Å². The number of aromatic nitrogens is 2. The molecule has 100 valence electrons. The summed E-state index contributed by atoms with van der Waals surface area (Å²) in [5, 5.41) is 17.7. The molecule has 0 aliphatic heterocycles. The second kappa shape index (κ2) is 6.53. The van der Waals surface area contributed by atoms with Crippen LogP contribution in [0.3, 0.4) is 0 Å². The lowest BCUT2D eigenvalue weighted by molar-refractivity contribution is 0.762. The Balaban J connectivity index is 3.35. The predicted octanol–water partition coefficient (Wildman–Crippen LogP) is 1.05. The number of nitrogens with zero attached hydrogens (tertiary/aromatic N) is 5. The molecule has 0 aliphatic carbocycles. The number of nitrogens with one attached hydrogen (secondary N) is 1. The smallest absolute Gasteiger partial charge is 0.148 e. The molecule has 7 heteroatoms. The van der Waals surface area contributed by atoms with Gasteiger partial charge in [0.2, 0.25) is 0 Å². The zero-order valence-electron chi connectivity index (χ0n) is 11.3. The van der Waals surface area contributed by atoms with E-state index in [1.807, 2.05) is 26.0 Å². The van der Waals surface area contributed by atoms with Crippen LogP contribution in [0.1, 0.15) is 31.2 Å². The van der Waals surface area contributed by atoms with Crippen molar-refractivity contribution in [2.45, 2.75) is 26.7 Å². The van der Waals surface area contributed by atoms with Crippen LogP contribution < -0.4 is 16.2 Å². The lowest BCUT2D eigenvalue weighted by Crippen LogP contribution is -2.27. The molecule has 0 fully saturated rings. The summed E-state index contributed by atoms with van der Waals surface area (Å²) in [6, 6.07) is 4.05. The second-order valence-electron chi connectivity index (χ2n) is 4.35. The summed E-state index contributed by atoms with van der Waals surface area (Å²) in [7, 11) is 0. The number of hydrogen-bond donors (Lipinski definition) is 2. The highest BCUT2D eigenvalue weighted by Gasteiger charge is 2.17. The van der Waals surface area contributed by atoms with E-state index in [2.05, 4.69) is 15.4 Å². The van der Waals surface area contributed by atoms with Gasteiger partial charge in [-0.15, -0.1) is 0 Å². The van der Waals surface area contributed by atoms with Crippen LogP contribution >= 0.6 is 0 Å². The fraction of sp³-hybridized carbons (Fsp3) is 0.500. The molecular weight excluding hydrogens is 242 g/mol. The van der Waals surface area contributed by atoms with Crippen LogP contribution in [0.5, 0.6) is 0 Å². The molecule has 3 N–H and O–H groups in total. The van der Waals surface area contributed by atoms with E-state index in [1.54, 1.807) is 11.8 Å². The summed E-state index contributed by atoms with van der Waals surface area (Å²) in [4.78, 5) is 10.3. The number of hydrogen-bond acceptors (Lipinski definition) is 7. The minimum atomic E-state index is 0.0902. The fourth-order valence-electron chi connectivity index (χ4n) is 1.60. The van der Waals surface area contributed by atoms with Crippen molar-refractivity contribution < 1.29 is 0 Å².